The Kier molecular flexibility index (Phi) is 30.2. The van der Waals surface area contributed by atoms with Crippen molar-refractivity contribution in [2.45, 2.75) is 153 Å². The summed E-state index contributed by atoms with van der Waals surface area (Å²) in [6, 6.07) is 0. The molecule has 0 aliphatic carbocycles. The maximum absolute atomic E-state index is 13.4. The standard InChI is InChI=1S/C34H50O9.C18H30O5/c1-10-29(27(7)41-28(8)35)19-20-30(36)24(4)34(40-21-39-9)25(5)33-23(3)16-12-14-17-31(37)42-26(6)22(2)15-11-13-18-32(38)43-33;1-8-16(13(5)22-14(6)19)9-10-17(21)12(4)18(11(2)3)23-15(7)20/h11-20,22-27,29,33-34H,10,21H2,1-9H3;9-13,16,18H,8H2,1-7H3/b15-11+,16-12+,17-14+,18-13+,20-19+;10-9+/t22?,23?,24?,25?,26?,27?,29-,33?,34?;12?,13?,16-,18?/m00/s1. The van der Waals surface area contributed by atoms with Gasteiger partial charge in [0.15, 0.2) is 11.6 Å². The SMILES string of the molecule is CC[C@@H](/C=C/C(=O)C(C)C(OC(C)=O)C(C)C)C(C)OC(C)=O.CC[C@@H](/C=C/C(=O)C(C)C(OCOC)C(C)C1OC(=O)/C=C/C=C/C(C)C(C)OC(=O)/C=C/C=C/C1C)C(C)OC(C)=O. The molecule has 0 saturated heterocycles. The molecule has 0 saturated carbocycles. The summed E-state index contributed by atoms with van der Waals surface area (Å²) < 4.78 is 38.3. The first-order valence-corrected chi connectivity index (χ1v) is 23.1. The van der Waals surface area contributed by atoms with E-state index in [2.05, 4.69) is 0 Å². The molecule has 1 aliphatic rings. The molecule has 0 radical (unpaired) electrons. The van der Waals surface area contributed by atoms with Crippen LogP contribution in [-0.4, -0.2) is 91.9 Å². The van der Waals surface area contributed by atoms with Crippen molar-refractivity contribution in [2.24, 2.45) is 47.3 Å². The smallest absolute Gasteiger partial charge is 0.331 e. The molecule has 1 aliphatic heterocycles. The second kappa shape index (κ2) is 32.7. The monoisotopic (exact) mass is 929 g/mol. The Balaban J connectivity index is 0.00000155. The maximum Gasteiger partial charge on any atom is 0.331 e. The van der Waals surface area contributed by atoms with E-state index < -0.39 is 48.0 Å². The van der Waals surface area contributed by atoms with Crippen molar-refractivity contribution in [3.63, 3.8) is 0 Å². The number of ketones is 2. The Bertz CT molecular complexity index is 1720. The third-order valence-electron chi connectivity index (χ3n) is 11.5. The van der Waals surface area contributed by atoms with Crippen LogP contribution in [0.15, 0.2) is 72.9 Å². The molecule has 0 fully saturated rings. The highest BCUT2D eigenvalue weighted by molar-refractivity contribution is 5.92. The second-order valence-electron chi connectivity index (χ2n) is 17.3. The molecule has 14 heteroatoms. The van der Waals surface area contributed by atoms with Crippen LogP contribution in [0.4, 0.5) is 0 Å². The van der Waals surface area contributed by atoms with Gasteiger partial charge < -0.3 is 33.2 Å². The van der Waals surface area contributed by atoms with Gasteiger partial charge in [-0.05, 0) is 51.7 Å². The van der Waals surface area contributed by atoms with Gasteiger partial charge >= 0.3 is 29.8 Å². The van der Waals surface area contributed by atoms with Crippen molar-refractivity contribution in [1.82, 2.24) is 0 Å². The first-order valence-electron chi connectivity index (χ1n) is 23.1. The molecule has 66 heavy (non-hydrogen) atoms. The highest BCUT2D eigenvalue weighted by Crippen LogP contribution is 2.29. The van der Waals surface area contributed by atoms with Crippen molar-refractivity contribution in [1.29, 1.82) is 0 Å². The Morgan fingerprint density at radius 1 is 0.621 bits per heavy atom. The van der Waals surface area contributed by atoms with Gasteiger partial charge in [-0.15, -0.1) is 0 Å². The molecule has 0 N–H and O–H groups in total. The quantitative estimate of drug-likeness (QED) is 0.0460. The molecule has 11 unspecified atom stereocenters. The van der Waals surface area contributed by atoms with Gasteiger partial charge in [0.05, 0.1) is 12.0 Å². The lowest BCUT2D eigenvalue weighted by Gasteiger charge is -2.35. The van der Waals surface area contributed by atoms with Gasteiger partial charge in [0.1, 0.15) is 37.3 Å². The van der Waals surface area contributed by atoms with Gasteiger partial charge in [-0.2, -0.15) is 0 Å². The predicted molar refractivity (Wildman–Crippen MR) is 253 cm³/mol. The van der Waals surface area contributed by atoms with Gasteiger partial charge in [0, 0.05) is 75.5 Å². The highest BCUT2D eigenvalue weighted by Gasteiger charge is 2.37. The Morgan fingerprint density at radius 3 is 1.45 bits per heavy atom. The summed E-state index contributed by atoms with van der Waals surface area (Å²) >= 11 is 0. The van der Waals surface area contributed by atoms with Crippen molar-refractivity contribution in [3.05, 3.63) is 72.9 Å². The molecular weight excluding hydrogens is 849 g/mol. The Morgan fingerprint density at radius 2 is 1.05 bits per heavy atom. The molecule has 0 spiro atoms. The van der Waals surface area contributed by atoms with E-state index in [1.807, 2.05) is 67.5 Å². The molecule has 0 aromatic heterocycles. The molecule has 0 aromatic rings. The van der Waals surface area contributed by atoms with Crippen LogP contribution in [0.5, 0.6) is 0 Å². The van der Waals surface area contributed by atoms with E-state index in [1.165, 1.54) is 52.2 Å². The van der Waals surface area contributed by atoms with Crippen LogP contribution in [0.25, 0.3) is 0 Å². The molecule has 1 rings (SSSR count). The first-order chi connectivity index (χ1) is 30.9. The van der Waals surface area contributed by atoms with E-state index in [4.69, 9.17) is 33.2 Å². The van der Waals surface area contributed by atoms with Crippen LogP contribution in [0.2, 0.25) is 0 Å². The minimum Gasteiger partial charge on any atom is -0.462 e. The average molecular weight is 929 g/mol. The van der Waals surface area contributed by atoms with Gasteiger partial charge in [0.2, 0.25) is 0 Å². The lowest BCUT2D eigenvalue weighted by Crippen LogP contribution is -2.43. The highest BCUT2D eigenvalue weighted by atomic mass is 16.7. The fraction of sp³-hybridized carbons (Fsp3) is 0.635. The lowest BCUT2D eigenvalue weighted by atomic mass is 9.82. The van der Waals surface area contributed by atoms with Gasteiger partial charge in [-0.1, -0.05) is 111 Å². The number of cyclic esters (lactones) is 2. The maximum atomic E-state index is 13.4. The summed E-state index contributed by atoms with van der Waals surface area (Å²) in [5.74, 6) is -4.33. The fourth-order valence-corrected chi connectivity index (χ4v) is 7.31. The molecule has 0 aromatic carbocycles. The van der Waals surface area contributed by atoms with Crippen LogP contribution in [-0.2, 0) is 66.7 Å². The number of methoxy groups -OCH3 is 1. The number of ether oxygens (including phenoxy) is 7. The van der Waals surface area contributed by atoms with Crippen molar-refractivity contribution >= 4 is 41.4 Å². The number of allylic oxidation sites excluding steroid dienone is 6. The van der Waals surface area contributed by atoms with Crippen LogP contribution in [0.3, 0.4) is 0 Å². The minimum absolute atomic E-state index is 0.0266. The van der Waals surface area contributed by atoms with Gasteiger partial charge in [-0.3, -0.25) is 24.0 Å². The number of hydrogen-bond acceptors (Lipinski definition) is 14. The minimum atomic E-state index is -0.682. The van der Waals surface area contributed by atoms with Gasteiger partial charge in [-0.25, -0.2) is 9.59 Å². The number of esters is 5. The van der Waals surface area contributed by atoms with E-state index in [0.717, 1.165) is 6.42 Å². The van der Waals surface area contributed by atoms with E-state index in [1.54, 1.807) is 64.2 Å². The van der Waals surface area contributed by atoms with Crippen molar-refractivity contribution in [2.75, 3.05) is 13.9 Å². The summed E-state index contributed by atoms with van der Waals surface area (Å²) in [5, 5.41) is 0. The largest absolute Gasteiger partial charge is 0.462 e. The third-order valence-corrected chi connectivity index (χ3v) is 11.5. The second-order valence-corrected chi connectivity index (χ2v) is 17.3. The zero-order valence-electron chi connectivity index (χ0n) is 42.3. The fourth-order valence-electron chi connectivity index (χ4n) is 7.31. The Hall–Kier alpha value is -4.95. The van der Waals surface area contributed by atoms with Crippen LogP contribution in [0, 0.1) is 47.3 Å². The lowest BCUT2D eigenvalue weighted by molar-refractivity contribution is -0.162. The summed E-state index contributed by atoms with van der Waals surface area (Å²) in [6.45, 7) is 26.4. The van der Waals surface area contributed by atoms with E-state index in [9.17, 15) is 33.6 Å². The van der Waals surface area contributed by atoms with E-state index >= 15 is 0 Å². The number of rotatable bonds is 21. The third kappa shape index (κ3) is 24.0. The van der Waals surface area contributed by atoms with E-state index in [0.29, 0.717) is 6.42 Å². The van der Waals surface area contributed by atoms with Crippen LogP contribution >= 0.6 is 0 Å². The Labute approximate surface area is 394 Å². The van der Waals surface area contributed by atoms with Crippen LogP contribution < -0.4 is 0 Å². The zero-order valence-corrected chi connectivity index (χ0v) is 42.3. The molecule has 0 bridgehead atoms. The van der Waals surface area contributed by atoms with Crippen molar-refractivity contribution < 1.29 is 66.7 Å². The zero-order chi connectivity index (χ0) is 50.7. The summed E-state index contributed by atoms with van der Waals surface area (Å²) in [7, 11) is 1.49. The molecule has 1 heterocycles. The summed E-state index contributed by atoms with van der Waals surface area (Å²) in [5.41, 5.74) is 0. The molecular formula is C52H80O14. The normalized spacial score (nSPS) is 24.3. The summed E-state index contributed by atoms with van der Waals surface area (Å²) in [4.78, 5) is 84.4. The molecule has 372 valence electrons. The molecule has 0 amide bonds. The molecule has 14 nitrogen and oxygen atoms in total. The first kappa shape index (κ1) is 61.0. The number of carbonyl (C=O) groups excluding carboxylic acids is 7. The van der Waals surface area contributed by atoms with E-state index in [-0.39, 0.29) is 84.2 Å². The number of carbonyl (C=O) groups is 7. The average Bonchev–Trinajstić information content (AvgIpc) is 3.23. The topological polar surface area (TPSA) is 184 Å². The molecule has 13 atom stereocenters. The summed E-state index contributed by atoms with van der Waals surface area (Å²) in [6.07, 6.45) is 18.1. The van der Waals surface area contributed by atoms with Gasteiger partial charge in [0.25, 0.3) is 0 Å². The van der Waals surface area contributed by atoms with Crippen molar-refractivity contribution in [3.8, 4) is 0 Å². The predicted octanol–water partition coefficient (Wildman–Crippen LogP) is 9.02. The van der Waals surface area contributed by atoms with Crippen LogP contribution in [0.1, 0.15) is 117 Å². The number of hydrogen-bond donors (Lipinski definition) is 0.